The monoisotopic (exact) mass is 719 g/mol. The van der Waals surface area contributed by atoms with E-state index in [1.807, 2.05) is 0 Å². The summed E-state index contributed by atoms with van der Waals surface area (Å²) in [5, 5.41) is 78.1. The molecule has 0 aliphatic carbocycles. The normalized spacial score (nSPS) is 13.5. The molecular weight excluding hydrogens is 683 g/mol. The quantitative estimate of drug-likeness (QED) is 0.0981. The molecule has 0 saturated heterocycles. The van der Waals surface area contributed by atoms with Gasteiger partial charge < -0.3 is 40.9 Å². The number of aliphatic hydroxyl groups is 4. The standard InChI is InChI=1S/2C17H18N2O5.Co/c2*1-11-15(21)14(13(10-20)8-18-11)9-19-17(24,16(22)23)7-12-5-3-2-4-6-12;/h2*2-6,8-9,20-21,24H,7,10H2,1H3,(H,22,23);/b2*19-9+;. The van der Waals surface area contributed by atoms with Crippen LogP contribution in [0.2, 0.25) is 0 Å². The van der Waals surface area contributed by atoms with Gasteiger partial charge in [0.1, 0.15) is 11.5 Å². The Labute approximate surface area is 291 Å². The Bertz CT molecular complexity index is 1660. The van der Waals surface area contributed by atoms with E-state index in [-0.39, 0.29) is 63.4 Å². The molecule has 2 atom stereocenters. The number of aromatic nitrogens is 2. The number of aromatic hydroxyl groups is 2. The Kier molecular flexibility index (Phi) is 14.7. The average molecular weight is 720 g/mol. The van der Waals surface area contributed by atoms with Crippen molar-refractivity contribution in [2.45, 2.75) is 51.4 Å². The molecule has 49 heavy (non-hydrogen) atoms. The second-order valence-corrected chi connectivity index (χ2v) is 10.7. The SMILES string of the molecule is Cc1ncc(CO)c(/C=N/C(O)(Cc2ccccc2)C(=O)O)c1O.Cc1ncc(CO)c(/C=N/C(O)(Cc2ccccc2)C(=O)O)c1O.[Co]. The molecule has 14 nitrogen and oxygen atoms in total. The summed E-state index contributed by atoms with van der Waals surface area (Å²) < 4.78 is 0. The van der Waals surface area contributed by atoms with Crippen LogP contribution in [0.15, 0.2) is 83.0 Å². The fourth-order valence-electron chi connectivity index (χ4n) is 4.30. The maximum atomic E-state index is 11.5. The van der Waals surface area contributed by atoms with Crippen LogP contribution in [0.4, 0.5) is 0 Å². The molecule has 0 spiro atoms. The van der Waals surface area contributed by atoms with Crippen molar-refractivity contribution in [2.24, 2.45) is 9.98 Å². The summed E-state index contributed by atoms with van der Waals surface area (Å²) in [6.45, 7) is 2.29. The number of aliphatic carboxylic acids is 2. The van der Waals surface area contributed by atoms with Crippen molar-refractivity contribution in [1.82, 2.24) is 9.97 Å². The molecule has 0 bridgehead atoms. The maximum Gasteiger partial charge on any atom is 0.359 e. The van der Waals surface area contributed by atoms with Crippen LogP contribution in [-0.4, -0.2) is 86.6 Å². The van der Waals surface area contributed by atoms with Crippen molar-refractivity contribution in [3.63, 3.8) is 0 Å². The minimum atomic E-state index is -2.39. The zero-order chi connectivity index (χ0) is 35.5. The zero-order valence-corrected chi connectivity index (χ0v) is 27.5. The molecule has 0 fully saturated rings. The number of aliphatic imine (C=N–C) groups is 2. The third-order valence-electron chi connectivity index (χ3n) is 7.14. The zero-order valence-electron chi connectivity index (χ0n) is 26.4. The molecule has 15 heteroatoms. The number of hydrogen-bond donors (Lipinski definition) is 8. The average Bonchev–Trinajstić information content (AvgIpc) is 3.07. The first-order valence-electron chi connectivity index (χ1n) is 14.4. The van der Waals surface area contributed by atoms with E-state index in [1.54, 1.807) is 74.5 Å². The Morgan fingerprint density at radius 1 is 0.673 bits per heavy atom. The van der Waals surface area contributed by atoms with Crippen molar-refractivity contribution in [3.8, 4) is 11.5 Å². The van der Waals surface area contributed by atoms with Gasteiger partial charge in [-0.3, -0.25) is 9.97 Å². The van der Waals surface area contributed by atoms with Crippen molar-refractivity contribution in [3.05, 3.63) is 118 Å². The van der Waals surface area contributed by atoms with Gasteiger partial charge >= 0.3 is 11.9 Å². The molecule has 2 aromatic heterocycles. The summed E-state index contributed by atoms with van der Waals surface area (Å²) in [6, 6.07) is 17.2. The van der Waals surface area contributed by atoms with Gasteiger partial charge in [-0.25, -0.2) is 19.6 Å². The first kappa shape index (κ1) is 40.1. The largest absolute Gasteiger partial charge is 0.505 e. The van der Waals surface area contributed by atoms with Gasteiger partial charge in [-0.15, -0.1) is 0 Å². The summed E-state index contributed by atoms with van der Waals surface area (Å²) in [5.41, 5.74) is -2.20. The first-order valence-corrected chi connectivity index (χ1v) is 14.4. The van der Waals surface area contributed by atoms with Crippen molar-refractivity contribution >= 4 is 24.4 Å². The van der Waals surface area contributed by atoms with E-state index in [0.29, 0.717) is 22.5 Å². The summed E-state index contributed by atoms with van der Waals surface area (Å²) in [6.07, 6.45) is 4.33. The van der Waals surface area contributed by atoms with E-state index in [9.17, 15) is 50.4 Å². The molecule has 0 saturated carbocycles. The molecule has 8 N–H and O–H groups in total. The fourth-order valence-corrected chi connectivity index (χ4v) is 4.30. The molecule has 0 amide bonds. The number of pyridine rings is 2. The topological polar surface area (TPSA) is 246 Å². The maximum absolute atomic E-state index is 11.5. The van der Waals surface area contributed by atoms with Gasteiger partial charge in [0.2, 0.25) is 0 Å². The number of aliphatic hydroxyl groups excluding tert-OH is 2. The van der Waals surface area contributed by atoms with E-state index >= 15 is 0 Å². The number of aryl methyl sites for hydroxylation is 2. The van der Waals surface area contributed by atoms with Gasteiger partial charge in [0.15, 0.2) is 0 Å². The Morgan fingerprint density at radius 2 is 1.00 bits per heavy atom. The molecule has 4 rings (SSSR count). The smallest absolute Gasteiger partial charge is 0.359 e. The Balaban J connectivity index is 0.000000333. The van der Waals surface area contributed by atoms with Crippen molar-refractivity contribution in [2.75, 3.05) is 0 Å². The second kappa shape index (κ2) is 17.9. The predicted octanol–water partition coefficient (Wildman–Crippen LogP) is 2.04. The van der Waals surface area contributed by atoms with E-state index in [2.05, 4.69) is 20.0 Å². The van der Waals surface area contributed by atoms with Gasteiger partial charge in [-0.2, -0.15) is 0 Å². The van der Waals surface area contributed by atoms with Gasteiger partial charge in [0, 0.05) is 76.7 Å². The summed E-state index contributed by atoms with van der Waals surface area (Å²) in [7, 11) is 0. The van der Waals surface area contributed by atoms with Crippen LogP contribution in [0.25, 0.3) is 0 Å². The first-order chi connectivity index (χ1) is 22.7. The molecule has 1 radical (unpaired) electrons. The van der Waals surface area contributed by atoms with Crippen LogP contribution in [0.5, 0.6) is 11.5 Å². The van der Waals surface area contributed by atoms with Crippen molar-refractivity contribution in [1.29, 1.82) is 0 Å². The van der Waals surface area contributed by atoms with Crippen LogP contribution >= 0.6 is 0 Å². The molecule has 2 aromatic carbocycles. The molecule has 2 heterocycles. The minimum absolute atomic E-state index is 0. The van der Waals surface area contributed by atoms with E-state index in [1.165, 1.54) is 12.4 Å². The van der Waals surface area contributed by atoms with Crippen molar-refractivity contribution < 1.29 is 67.2 Å². The fraction of sp³-hybridized carbons (Fsp3) is 0.235. The summed E-state index contributed by atoms with van der Waals surface area (Å²) in [4.78, 5) is 38.3. The van der Waals surface area contributed by atoms with Gasteiger partial charge in [0.25, 0.3) is 11.4 Å². The van der Waals surface area contributed by atoms with E-state index < -0.39 is 36.6 Å². The number of nitrogens with zero attached hydrogens (tertiary/aromatic N) is 4. The summed E-state index contributed by atoms with van der Waals surface area (Å²) in [5.74, 6) is -3.48. The van der Waals surface area contributed by atoms with Crippen LogP contribution in [0, 0.1) is 13.8 Å². The minimum Gasteiger partial charge on any atom is -0.505 e. The number of carboxylic acids is 2. The Morgan fingerprint density at radius 3 is 1.29 bits per heavy atom. The molecule has 0 aliphatic rings. The van der Waals surface area contributed by atoms with Gasteiger partial charge in [-0.1, -0.05) is 60.7 Å². The summed E-state index contributed by atoms with van der Waals surface area (Å²) >= 11 is 0. The van der Waals surface area contributed by atoms with Gasteiger partial charge in [-0.05, 0) is 25.0 Å². The van der Waals surface area contributed by atoms with Crippen LogP contribution in [-0.2, 0) is 52.4 Å². The Hall–Kier alpha value is -5.03. The number of carbonyl (C=O) groups is 2. The molecule has 261 valence electrons. The number of benzene rings is 2. The van der Waals surface area contributed by atoms with Crippen LogP contribution in [0.1, 0.15) is 44.8 Å². The van der Waals surface area contributed by atoms with E-state index in [0.717, 1.165) is 12.4 Å². The molecule has 4 aromatic rings. The molecule has 2 unspecified atom stereocenters. The second-order valence-electron chi connectivity index (χ2n) is 10.7. The molecule has 0 aliphatic heterocycles. The number of carboxylic acid groups (broad SMARTS) is 2. The third-order valence-corrected chi connectivity index (χ3v) is 7.14. The number of hydrogen-bond acceptors (Lipinski definition) is 12. The van der Waals surface area contributed by atoms with Crippen LogP contribution < -0.4 is 0 Å². The van der Waals surface area contributed by atoms with Gasteiger partial charge in [0.05, 0.1) is 24.6 Å². The third kappa shape index (κ3) is 10.5. The number of rotatable bonds is 12. The predicted molar refractivity (Wildman–Crippen MR) is 174 cm³/mol. The molecular formula is C34H36CoN4O10. The van der Waals surface area contributed by atoms with E-state index in [4.69, 9.17) is 0 Å². The van der Waals surface area contributed by atoms with Crippen LogP contribution in [0.3, 0.4) is 0 Å².